The molecular weight excluding hydrogens is 340 g/mol. The summed E-state index contributed by atoms with van der Waals surface area (Å²) in [6, 6.07) is 13.7. The van der Waals surface area contributed by atoms with Crippen LogP contribution in [0.5, 0.6) is 0 Å². The van der Waals surface area contributed by atoms with Gasteiger partial charge in [-0.15, -0.1) is 0 Å². The highest BCUT2D eigenvalue weighted by molar-refractivity contribution is 5.98. The fourth-order valence-corrected chi connectivity index (χ4v) is 4.32. The Morgan fingerprint density at radius 3 is 3.00 bits per heavy atom. The molecule has 2 aliphatic rings. The Kier molecular flexibility index (Phi) is 3.70. The third-order valence-electron chi connectivity index (χ3n) is 5.64. The summed E-state index contributed by atoms with van der Waals surface area (Å²) < 4.78 is 2.03. The van der Waals surface area contributed by atoms with Gasteiger partial charge in [0.2, 0.25) is 5.91 Å². The number of carbonyl (C=O) groups is 2. The summed E-state index contributed by atoms with van der Waals surface area (Å²) >= 11 is 0. The highest BCUT2D eigenvalue weighted by atomic mass is 16.2. The van der Waals surface area contributed by atoms with E-state index in [1.807, 2.05) is 45.9 Å². The number of hydrogen-bond acceptors (Lipinski definition) is 3. The van der Waals surface area contributed by atoms with Gasteiger partial charge in [0.25, 0.3) is 5.91 Å². The van der Waals surface area contributed by atoms with Crippen molar-refractivity contribution in [3.63, 3.8) is 0 Å². The lowest BCUT2D eigenvalue weighted by Gasteiger charge is -2.40. The molecule has 5 rings (SSSR count). The maximum absolute atomic E-state index is 13.0. The molecule has 27 heavy (non-hydrogen) atoms. The SMILES string of the molecule is O=C1NCC2c3c(cccc31)CCN2C(=O)CCn1cnc2ccccc21. The van der Waals surface area contributed by atoms with Crippen molar-refractivity contribution in [2.24, 2.45) is 0 Å². The van der Waals surface area contributed by atoms with Crippen molar-refractivity contribution in [3.8, 4) is 0 Å². The number of fused-ring (bicyclic) bond motifs is 1. The van der Waals surface area contributed by atoms with E-state index in [0.717, 1.165) is 23.0 Å². The van der Waals surface area contributed by atoms with E-state index in [2.05, 4.69) is 16.4 Å². The number of aryl methyl sites for hydroxylation is 1. The normalized spacial score (nSPS) is 18.3. The van der Waals surface area contributed by atoms with E-state index < -0.39 is 0 Å². The third-order valence-corrected chi connectivity index (χ3v) is 5.64. The minimum Gasteiger partial charge on any atom is -0.350 e. The van der Waals surface area contributed by atoms with Gasteiger partial charge in [0, 0.05) is 31.6 Å². The van der Waals surface area contributed by atoms with Crippen LogP contribution in [0.2, 0.25) is 0 Å². The predicted octanol–water partition coefficient (Wildman–Crippen LogP) is 2.30. The van der Waals surface area contributed by atoms with E-state index in [4.69, 9.17) is 0 Å². The predicted molar refractivity (Wildman–Crippen MR) is 101 cm³/mol. The fraction of sp³-hybridized carbons (Fsp3) is 0.286. The molecule has 2 aromatic carbocycles. The zero-order valence-corrected chi connectivity index (χ0v) is 14.9. The molecule has 6 nitrogen and oxygen atoms in total. The van der Waals surface area contributed by atoms with Crippen molar-refractivity contribution in [2.45, 2.75) is 25.4 Å². The van der Waals surface area contributed by atoms with Gasteiger partial charge < -0.3 is 14.8 Å². The van der Waals surface area contributed by atoms with Gasteiger partial charge >= 0.3 is 0 Å². The van der Waals surface area contributed by atoms with E-state index in [9.17, 15) is 9.59 Å². The van der Waals surface area contributed by atoms with Crippen molar-refractivity contribution in [1.82, 2.24) is 19.8 Å². The van der Waals surface area contributed by atoms with E-state index in [-0.39, 0.29) is 17.9 Å². The van der Waals surface area contributed by atoms with E-state index in [1.165, 1.54) is 5.56 Å². The Labute approximate surface area is 156 Å². The zero-order valence-electron chi connectivity index (χ0n) is 14.9. The zero-order chi connectivity index (χ0) is 18.4. The van der Waals surface area contributed by atoms with Gasteiger partial charge in [-0.05, 0) is 35.7 Å². The van der Waals surface area contributed by atoms with Crippen molar-refractivity contribution >= 4 is 22.8 Å². The lowest BCUT2D eigenvalue weighted by Crippen LogP contribution is -2.49. The number of benzene rings is 2. The van der Waals surface area contributed by atoms with Gasteiger partial charge in [-0.25, -0.2) is 4.98 Å². The number of rotatable bonds is 3. The Balaban J connectivity index is 1.37. The van der Waals surface area contributed by atoms with Crippen LogP contribution in [0.4, 0.5) is 0 Å². The fourth-order valence-electron chi connectivity index (χ4n) is 4.32. The minimum absolute atomic E-state index is 0.0396. The van der Waals surface area contributed by atoms with Gasteiger partial charge in [0.15, 0.2) is 0 Å². The Bertz CT molecular complexity index is 1060. The first-order valence-corrected chi connectivity index (χ1v) is 9.32. The van der Waals surface area contributed by atoms with Gasteiger partial charge in [0.1, 0.15) is 0 Å². The molecule has 2 amide bonds. The minimum atomic E-state index is -0.0605. The summed E-state index contributed by atoms with van der Waals surface area (Å²) in [5.41, 5.74) is 4.92. The van der Waals surface area contributed by atoms with Crippen molar-refractivity contribution in [3.05, 3.63) is 65.5 Å². The van der Waals surface area contributed by atoms with Crippen LogP contribution >= 0.6 is 0 Å². The number of para-hydroxylation sites is 2. The molecule has 136 valence electrons. The third kappa shape index (κ3) is 2.60. The number of nitrogens with zero attached hydrogens (tertiary/aromatic N) is 3. The molecule has 1 aromatic heterocycles. The molecule has 6 heteroatoms. The average molecular weight is 360 g/mol. The van der Waals surface area contributed by atoms with E-state index in [1.54, 1.807) is 6.33 Å². The van der Waals surface area contributed by atoms with Crippen molar-refractivity contribution in [2.75, 3.05) is 13.1 Å². The number of aromatic nitrogens is 2. The molecule has 0 bridgehead atoms. The lowest BCUT2D eigenvalue weighted by atomic mass is 9.85. The van der Waals surface area contributed by atoms with Gasteiger partial charge in [-0.2, -0.15) is 0 Å². The van der Waals surface area contributed by atoms with Gasteiger partial charge in [0.05, 0.1) is 23.4 Å². The number of imidazole rings is 1. The molecule has 1 N–H and O–H groups in total. The first-order valence-electron chi connectivity index (χ1n) is 9.32. The summed E-state index contributed by atoms with van der Waals surface area (Å²) in [5.74, 6) is 0.0802. The monoisotopic (exact) mass is 360 g/mol. The number of hydrogen-bond donors (Lipinski definition) is 1. The van der Waals surface area contributed by atoms with Crippen LogP contribution in [0.25, 0.3) is 11.0 Å². The lowest BCUT2D eigenvalue weighted by molar-refractivity contribution is -0.134. The standard InChI is InChI=1S/C21H20N4O2/c26-19(9-10-24-13-23-16-6-1-2-7-17(16)24)25-11-8-14-4-3-5-15-20(14)18(25)12-22-21(15)27/h1-7,13,18H,8-12H2,(H,22,27). The van der Waals surface area contributed by atoms with Crippen molar-refractivity contribution < 1.29 is 9.59 Å². The summed E-state index contributed by atoms with van der Waals surface area (Å²) in [5, 5.41) is 2.93. The first-order chi connectivity index (χ1) is 13.2. The Morgan fingerprint density at radius 2 is 2.07 bits per heavy atom. The smallest absolute Gasteiger partial charge is 0.251 e. The van der Waals surface area contributed by atoms with Crippen LogP contribution in [-0.2, 0) is 17.8 Å². The number of amides is 2. The maximum Gasteiger partial charge on any atom is 0.251 e. The molecular formula is C21H20N4O2. The topological polar surface area (TPSA) is 67.2 Å². The average Bonchev–Trinajstić information content (AvgIpc) is 3.12. The van der Waals surface area contributed by atoms with Crippen LogP contribution in [-0.4, -0.2) is 39.4 Å². The molecule has 3 aromatic rings. The second-order valence-corrected chi connectivity index (χ2v) is 7.12. The largest absolute Gasteiger partial charge is 0.350 e. The van der Waals surface area contributed by atoms with Crippen LogP contribution in [0, 0.1) is 0 Å². The molecule has 0 saturated heterocycles. The number of carbonyl (C=O) groups excluding carboxylic acids is 2. The molecule has 0 fully saturated rings. The summed E-state index contributed by atoms with van der Waals surface area (Å²) in [6.07, 6.45) is 3.01. The second kappa shape index (κ2) is 6.23. The maximum atomic E-state index is 13.0. The van der Waals surface area contributed by atoms with E-state index in [0.29, 0.717) is 31.6 Å². The summed E-state index contributed by atoms with van der Waals surface area (Å²) in [7, 11) is 0. The molecule has 0 aliphatic carbocycles. The first kappa shape index (κ1) is 16.1. The Morgan fingerprint density at radius 1 is 1.19 bits per heavy atom. The second-order valence-electron chi connectivity index (χ2n) is 7.12. The molecule has 0 saturated carbocycles. The Hall–Kier alpha value is -3.15. The quantitative estimate of drug-likeness (QED) is 0.779. The van der Waals surface area contributed by atoms with Gasteiger partial charge in [-0.1, -0.05) is 24.3 Å². The highest BCUT2D eigenvalue weighted by Crippen LogP contribution is 2.35. The highest BCUT2D eigenvalue weighted by Gasteiger charge is 2.36. The van der Waals surface area contributed by atoms with Crippen LogP contribution in [0.3, 0.4) is 0 Å². The number of nitrogens with one attached hydrogen (secondary N) is 1. The van der Waals surface area contributed by atoms with Crippen LogP contribution in [0.1, 0.15) is 33.9 Å². The van der Waals surface area contributed by atoms with Crippen molar-refractivity contribution in [1.29, 1.82) is 0 Å². The molecule has 0 radical (unpaired) electrons. The molecule has 1 atom stereocenters. The van der Waals surface area contributed by atoms with Crippen LogP contribution in [0.15, 0.2) is 48.8 Å². The molecule has 2 aliphatic heterocycles. The summed E-state index contributed by atoms with van der Waals surface area (Å²) in [6.45, 7) is 1.78. The molecule has 0 spiro atoms. The van der Waals surface area contributed by atoms with Crippen LogP contribution < -0.4 is 5.32 Å². The van der Waals surface area contributed by atoms with Gasteiger partial charge in [-0.3, -0.25) is 9.59 Å². The van der Waals surface area contributed by atoms with E-state index >= 15 is 0 Å². The molecule has 3 heterocycles. The summed E-state index contributed by atoms with van der Waals surface area (Å²) in [4.78, 5) is 31.5. The molecule has 1 unspecified atom stereocenters.